The summed E-state index contributed by atoms with van der Waals surface area (Å²) in [4.78, 5) is 14.1. The van der Waals surface area contributed by atoms with Gasteiger partial charge < -0.3 is 10.2 Å². The summed E-state index contributed by atoms with van der Waals surface area (Å²) in [7, 11) is 1.72. The maximum absolute atomic E-state index is 12.0. The Balaban J connectivity index is 1.99. The predicted octanol–water partition coefficient (Wildman–Crippen LogP) is 2.73. The topological polar surface area (TPSA) is 32.3 Å². The monoisotopic (exact) mass is 244 g/mol. The van der Waals surface area contributed by atoms with Crippen LogP contribution in [0.5, 0.6) is 0 Å². The second-order valence-corrected chi connectivity index (χ2v) is 5.40. The molecule has 1 aliphatic heterocycles. The normalized spacial score (nSPS) is 30.3. The fraction of sp³-hybridized carbons (Fsp3) is 0.533. The summed E-state index contributed by atoms with van der Waals surface area (Å²) >= 11 is 0. The van der Waals surface area contributed by atoms with E-state index in [0.29, 0.717) is 5.92 Å². The Morgan fingerprint density at radius 1 is 1.33 bits per heavy atom. The second-order valence-electron chi connectivity index (χ2n) is 5.40. The second kappa shape index (κ2) is 4.30. The molecule has 3 rings (SSSR count). The van der Waals surface area contributed by atoms with Crippen molar-refractivity contribution in [2.75, 3.05) is 13.6 Å². The van der Waals surface area contributed by atoms with Gasteiger partial charge in [0.1, 0.15) is 0 Å². The first kappa shape index (κ1) is 11.6. The molecule has 2 fully saturated rings. The average Bonchev–Trinajstić information content (AvgIpc) is 2.41. The number of amides is 2. The summed E-state index contributed by atoms with van der Waals surface area (Å²) in [5, 5.41) is 2.78. The standard InChI is InChI=1S/C15H20N2O/c1-16-14(18)17-11-13-9-5-6-10-15(13,17)12-7-3-2-4-8-12/h2-4,7-8,13H,5-6,9-11H2,1H3,(H,16,18). The van der Waals surface area contributed by atoms with E-state index in [1.165, 1.54) is 24.8 Å². The molecule has 0 aromatic heterocycles. The van der Waals surface area contributed by atoms with Crippen LogP contribution >= 0.6 is 0 Å². The highest BCUT2D eigenvalue weighted by atomic mass is 16.2. The van der Waals surface area contributed by atoms with Crippen molar-refractivity contribution >= 4 is 6.03 Å². The third-order valence-corrected chi connectivity index (χ3v) is 4.65. The molecule has 3 nitrogen and oxygen atoms in total. The Morgan fingerprint density at radius 3 is 2.78 bits per heavy atom. The van der Waals surface area contributed by atoms with E-state index in [9.17, 15) is 4.79 Å². The van der Waals surface area contributed by atoms with Crippen LogP contribution < -0.4 is 5.32 Å². The molecule has 1 heterocycles. The number of hydrogen-bond donors (Lipinski definition) is 1. The average molecular weight is 244 g/mol. The summed E-state index contributed by atoms with van der Waals surface area (Å²) in [6.45, 7) is 0.911. The van der Waals surface area contributed by atoms with Crippen LogP contribution in [0.2, 0.25) is 0 Å². The number of carbonyl (C=O) groups is 1. The van der Waals surface area contributed by atoms with Gasteiger partial charge in [0, 0.05) is 19.5 Å². The van der Waals surface area contributed by atoms with E-state index in [0.717, 1.165) is 13.0 Å². The summed E-state index contributed by atoms with van der Waals surface area (Å²) < 4.78 is 0. The van der Waals surface area contributed by atoms with E-state index in [-0.39, 0.29) is 11.6 Å². The van der Waals surface area contributed by atoms with Crippen LogP contribution in [0.25, 0.3) is 0 Å². The summed E-state index contributed by atoms with van der Waals surface area (Å²) in [5.74, 6) is 0.644. The van der Waals surface area contributed by atoms with Crippen LogP contribution in [-0.4, -0.2) is 24.5 Å². The molecule has 96 valence electrons. The molecule has 0 bridgehead atoms. The Kier molecular flexibility index (Phi) is 2.77. The number of nitrogens with one attached hydrogen (secondary N) is 1. The zero-order valence-corrected chi connectivity index (χ0v) is 10.9. The van der Waals surface area contributed by atoms with Crippen LogP contribution in [0.3, 0.4) is 0 Å². The van der Waals surface area contributed by atoms with Gasteiger partial charge in [0.05, 0.1) is 5.54 Å². The Bertz CT molecular complexity index is 445. The molecule has 1 saturated heterocycles. The highest BCUT2D eigenvalue weighted by Gasteiger charge is 2.56. The minimum absolute atomic E-state index is 0.0282. The van der Waals surface area contributed by atoms with Gasteiger partial charge in [0.15, 0.2) is 0 Å². The first-order chi connectivity index (χ1) is 8.79. The molecule has 1 aliphatic carbocycles. The van der Waals surface area contributed by atoms with Gasteiger partial charge in [0.25, 0.3) is 0 Å². The number of urea groups is 1. The molecule has 2 aliphatic rings. The van der Waals surface area contributed by atoms with Crippen molar-refractivity contribution in [3.8, 4) is 0 Å². The molecule has 1 aromatic rings. The van der Waals surface area contributed by atoms with Gasteiger partial charge in [-0.2, -0.15) is 0 Å². The number of hydrogen-bond acceptors (Lipinski definition) is 1. The number of nitrogens with zero attached hydrogens (tertiary/aromatic N) is 1. The number of likely N-dealkylation sites (tertiary alicyclic amines) is 1. The minimum Gasteiger partial charge on any atom is -0.341 e. The highest BCUT2D eigenvalue weighted by Crippen LogP contribution is 2.53. The van der Waals surface area contributed by atoms with Gasteiger partial charge >= 0.3 is 6.03 Å². The van der Waals surface area contributed by atoms with Crippen molar-refractivity contribution in [2.45, 2.75) is 31.2 Å². The van der Waals surface area contributed by atoms with Crippen molar-refractivity contribution in [3.05, 3.63) is 35.9 Å². The lowest BCUT2D eigenvalue weighted by molar-refractivity contribution is -0.0788. The van der Waals surface area contributed by atoms with Crippen LogP contribution in [0.1, 0.15) is 31.2 Å². The van der Waals surface area contributed by atoms with E-state index < -0.39 is 0 Å². The molecular formula is C15H20N2O. The van der Waals surface area contributed by atoms with E-state index >= 15 is 0 Å². The lowest BCUT2D eigenvalue weighted by Crippen LogP contribution is -2.69. The summed E-state index contributed by atoms with van der Waals surface area (Å²) in [6, 6.07) is 10.6. The van der Waals surface area contributed by atoms with Crippen molar-refractivity contribution in [1.82, 2.24) is 10.2 Å². The van der Waals surface area contributed by atoms with Crippen LogP contribution in [0, 0.1) is 5.92 Å². The fourth-order valence-electron chi connectivity index (χ4n) is 3.76. The molecule has 18 heavy (non-hydrogen) atoms. The van der Waals surface area contributed by atoms with Crippen LogP contribution in [-0.2, 0) is 5.54 Å². The smallest absolute Gasteiger partial charge is 0.317 e. The summed E-state index contributed by atoms with van der Waals surface area (Å²) in [6.07, 6.45) is 4.89. The molecule has 2 unspecified atom stereocenters. The largest absolute Gasteiger partial charge is 0.341 e. The third-order valence-electron chi connectivity index (χ3n) is 4.65. The SMILES string of the molecule is CNC(=O)N1CC2CCCCC21c1ccccc1. The van der Waals surface area contributed by atoms with Crippen molar-refractivity contribution in [3.63, 3.8) is 0 Å². The van der Waals surface area contributed by atoms with E-state index in [4.69, 9.17) is 0 Å². The molecular weight excluding hydrogens is 224 g/mol. The molecule has 0 spiro atoms. The van der Waals surface area contributed by atoms with E-state index in [1.54, 1.807) is 7.05 Å². The van der Waals surface area contributed by atoms with Gasteiger partial charge in [-0.05, 0) is 18.4 Å². The molecule has 0 radical (unpaired) electrons. The number of fused-ring (bicyclic) bond motifs is 1. The minimum atomic E-state index is -0.0282. The van der Waals surface area contributed by atoms with Gasteiger partial charge in [-0.1, -0.05) is 43.2 Å². The third kappa shape index (κ3) is 1.46. The first-order valence-corrected chi connectivity index (χ1v) is 6.84. The molecule has 3 heteroatoms. The molecule has 1 aromatic carbocycles. The van der Waals surface area contributed by atoms with Crippen molar-refractivity contribution in [2.24, 2.45) is 5.92 Å². The molecule has 1 saturated carbocycles. The Labute approximate surface area is 108 Å². The lowest BCUT2D eigenvalue weighted by atomic mass is 9.62. The highest BCUT2D eigenvalue weighted by molar-refractivity contribution is 5.76. The zero-order chi connectivity index (χ0) is 12.6. The number of rotatable bonds is 1. The van der Waals surface area contributed by atoms with Gasteiger partial charge in [-0.15, -0.1) is 0 Å². The van der Waals surface area contributed by atoms with Crippen molar-refractivity contribution in [1.29, 1.82) is 0 Å². The molecule has 1 N–H and O–H groups in total. The maximum atomic E-state index is 12.0. The number of benzene rings is 1. The Hall–Kier alpha value is -1.51. The lowest BCUT2D eigenvalue weighted by Gasteiger charge is -2.61. The van der Waals surface area contributed by atoms with Crippen molar-refractivity contribution < 1.29 is 4.79 Å². The zero-order valence-electron chi connectivity index (χ0n) is 10.9. The van der Waals surface area contributed by atoms with Gasteiger partial charge in [0.2, 0.25) is 0 Å². The number of carbonyl (C=O) groups excluding carboxylic acids is 1. The first-order valence-electron chi connectivity index (χ1n) is 6.84. The van der Waals surface area contributed by atoms with Gasteiger partial charge in [-0.3, -0.25) is 0 Å². The quantitative estimate of drug-likeness (QED) is 0.809. The van der Waals surface area contributed by atoms with Gasteiger partial charge in [-0.25, -0.2) is 4.79 Å². The molecule has 2 atom stereocenters. The molecule has 2 amide bonds. The maximum Gasteiger partial charge on any atom is 0.317 e. The van der Waals surface area contributed by atoms with E-state index in [1.807, 2.05) is 11.0 Å². The van der Waals surface area contributed by atoms with Crippen LogP contribution in [0.4, 0.5) is 4.79 Å². The van der Waals surface area contributed by atoms with Crippen LogP contribution in [0.15, 0.2) is 30.3 Å². The summed E-state index contributed by atoms with van der Waals surface area (Å²) in [5.41, 5.74) is 1.28. The predicted molar refractivity (Wildman–Crippen MR) is 71.2 cm³/mol. The Morgan fingerprint density at radius 2 is 2.11 bits per heavy atom. The fourth-order valence-corrected chi connectivity index (χ4v) is 3.76. The van der Waals surface area contributed by atoms with E-state index in [2.05, 4.69) is 29.6 Å².